The molecule has 0 saturated carbocycles. The molecule has 1 aromatic carbocycles. The van der Waals surface area contributed by atoms with Crippen LogP contribution in [0, 0.1) is 0 Å². The molecule has 18 heavy (non-hydrogen) atoms. The molecule has 94 valence electrons. The van der Waals surface area contributed by atoms with E-state index in [1.807, 2.05) is 31.2 Å². The van der Waals surface area contributed by atoms with E-state index in [-0.39, 0.29) is 0 Å². The Balaban J connectivity index is 1.80. The van der Waals surface area contributed by atoms with Crippen LogP contribution in [0.2, 0.25) is 0 Å². The van der Waals surface area contributed by atoms with Gasteiger partial charge in [-0.15, -0.1) is 0 Å². The summed E-state index contributed by atoms with van der Waals surface area (Å²) in [5.41, 5.74) is 2.17. The molecule has 0 bridgehead atoms. The SMILES string of the molecule is CCOc1ccc(CNCc2cccnn2)cc1. The Hall–Kier alpha value is -1.94. The van der Waals surface area contributed by atoms with Gasteiger partial charge in [-0.3, -0.25) is 0 Å². The van der Waals surface area contributed by atoms with Crippen molar-refractivity contribution >= 4 is 0 Å². The number of nitrogens with zero attached hydrogens (tertiary/aromatic N) is 2. The van der Waals surface area contributed by atoms with Crippen LogP contribution >= 0.6 is 0 Å². The van der Waals surface area contributed by atoms with Crippen molar-refractivity contribution < 1.29 is 4.74 Å². The lowest BCUT2D eigenvalue weighted by molar-refractivity contribution is 0.340. The van der Waals surface area contributed by atoms with Gasteiger partial charge in [0.2, 0.25) is 0 Å². The van der Waals surface area contributed by atoms with Gasteiger partial charge in [-0.1, -0.05) is 12.1 Å². The molecule has 0 unspecified atom stereocenters. The first-order chi connectivity index (χ1) is 8.88. The lowest BCUT2D eigenvalue weighted by Crippen LogP contribution is -2.13. The second-order valence-electron chi connectivity index (χ2n) is 3.90. The quantitative estimate of drug-likeness (QED) is 0.844. The van der Waals surface area contributed by atoms with E-state index < -0.39 is 0 Å². The first-order valence-electron chi connectivity index (χ1n) is 6.07. The Morgan fingerprint density at radius 1 is 1.11 bits per heavy atom. The van der Waals surface area contributed by atoms with Crippen LogP contribution in [0.5, 0.6) is 5.75 Å². The molecule has 4 nitrogen and oxygen atoms in total. The first-order valence-corrected chi connectivity index (χ1v) is 6.07. The Labute approximate surface area is 107 Å². The predicted molar refractivity (Wildman–Crippen MR) is 70.2 cm³/mol. The maximum absolute atomic E-state index is 5.40. The van der Waals surface area contributed by atoms with Gasteiger partial charge in [0.05, 0.1) is 12.3 Å². The van der Waals surface area contributed by atoms with Gasteiger partial charge < -0.3 is 10.1 Å². The fourth-order valence-electron chi connectivity index (χ4n) is 1.63. The molecular weight excluding hydrogens is 226 g/mol. The second kappa shape index (κ2) is 6.71. The lowest BCUT2D eigenvalue weighted by atomic mass is 10.2. The van der Waals surface area contributed by atoms with Gasteiger partial charge in [0.15, 0.2) is 0 Å². The molecule has 4 heteroatoms. The van der Waals surface area contributed by atoms with E-state index in [1.165, 1.54) is 5.56 Å². The number of hydrogen-bond acceptors (Lipinski definition) is 4. The highest BCUT2D eigenvalue weighted by Gasteiger charge is 1.96. The fraction of sp³-hybridized carbons (Fsp3) is 0.286. The van der Waals surface area contributed by atoms with E-state index >= 15 is 0 Å². The van der Waals surface area contributed by atoms with Crippen LogP contribution in [0.25, 0.3) is 0 Å². The van der Waals surface area contributed by atoms with Crippen molar-refractivity contribution in [1.29, 1.82) is 0 Å². The molecule has 0 aliphatic carbocycles. The third-order valence-electron chi connectivity index (χ3n) is 2.50. The van der Waals surface area contributed by atoms with Crippen molar-refractivity contribution in [3.05, 3.63) is 53.9 Å². The van der Waals surface area contributed by atoms with Crippen LogP contribution in [0.1, 0.15) is 18.2 Å². The van der Waals surface area contributed by atoms with Gasteiger partial charge in [-0.05, 0) is 36.8 Å². The standard InChI is InChI=1S/C14H17N3O/c1-2-18-14-7-5-12(6-8-14)10-15-11-13-4-3-9-16-17-13/h3-9,15H,2,10-11H2,1H3. The van der Waals surface area contributed by atoms with Crippen LogP contribution in [0.3, 0.4) is 0 Å². The predicted octanol–water partition coefficient (Wildman–Crippen LogP) is 2.17. The highest BCUT2D eigenvalue weighted by Crippen LogP contribution is 2.11. The molecule has 0 amide bonds. The molecule has 0 radical (unpaired) electrons. The number of ether oxygens (including phenoxy) is 1. The minimum absolute atomic E-state index is 0.699. The van der Waals surface area contributed by atoms with E-state index in [0.29, 0.717) is 6.61 Å². The summed E-state index contributed by atoms with van der Waals surface area (Å²) in [6, 6.07) is 12.0. The first kappa shape index (κ1) is 12.5. The van der Waals surface area contributed by atoms with Crippen molar-refractivity contribution in [2.75, 3.05) is 6.61 Å². The van der Waals surface area contributed by atoms with Crippen LogP contribution in [-0.2, 0) is 13.1 Å². The molecule has 0 saturated heterocycles. The molecular formula is C14H17N3O. The summed E-state index contributed by atoms with van der Waals surface area (Å²) in [7, 11) is 0. The van der Waals surface area contributed by atoms with Gasteiger partial charge in [0.1, 0.15) is 5.75 Å². The fourth-order valence-corrected chi connectivity index (χ4v) is 1.63. The van der Waals surface area contributed by atoms with Gasteiger partial charge in [-0.2, -0.15) is 10.2 Å². The average Bonchev–Trinajstić information content (AvgIpc) is 2.42. The monoisotopic (exact) mass is 243 g/mol. The van der Waals surface area contributed by atoms with Gasteiger partial charge in [-0.25, -0.2) is 0 Å². The summed E-state index contributed by atoms with van der Waals surface area (Å²) in [6.07, 6.45) is 1.68. The number of aromatic nitrogens is 2. The molecule has 2 rings (SSSR count). The van der Waals surface area contributed by atoms with Gasteiger partial charge in [0, 0.05) is 19.3 Å². The molecule has 0 spiro atoms. The molecule has 2 aromatic rings. The van der Waals surface area contributed by atoms with Crippen LogP contribution < -0.4 is 10.1 Å². The summed E-state index contributed by atoms with van der Waals surface area (Å²) in [5, 5.41) is 11.2. The van der Waals surface area contributed by atoms with Crippen LogP contribution in [0.15, 0.2) is 42.6 Å². The Morgan fingerprint density at radius 2 is 1.94 bits per heavy atom. The molecule has 1 aromatic heterocycles. The summed E-state index contributed by atoms with van der Waals surface area (Å²) in [6.45, 7) is 4.21. The highest BCUT2D eigenvalue weighted by molar-refractivity contribution is 5.27. The smallest absolute Gasteiger partial charge is 0.119 e. The number of rotatable bonds is 6. The minimum atomic E-state index is 0.699. The van der Waals surface area contributed by atoms with E-state index in [4.69, 9.17) is 4.74 Å². The Kier molecular flexibility index (Phi) is 4.67. The van der Waals surface area contributed by atoms with Crippen molar-refractivity contribution in [1.82, 2.24) is 15.5 Å². The molecule has 0 aliphatic rings. The molecule has 0 atom stereocenters. The van der Waals surface area contributed by atoms with E-state index in [0.717, 1.165) is 24.5 Å². The molecule has 1 heterocycles. The summed E-state index contributed by atoms with van der Waals surface area (Å²) in [4.78, 5) is 0. The normalized spacial score (nSPS) is 10.3. The third kappa shape index (κ3) is 3.82. The third-order valence-corrected chi connectivity index (χ3v) is 2.50. The molecule has 0 fully saturated rings. The number of benzene rings is 1. The second-order valence-corrected chi connectivity index (χ2v) is 3.90. The number of nitrogens with one attached hydrogen (secondary N) is 1. The summed E-state index contributed by atoms with van der Waals surface area (Å²) in [5.74, 6) is 0.912. The average molecular weight is 243 g/mol. The van der Waals surface area contributed by atoms with Gasteiger partial charge in [0.25, 0.3) is 0 Å². The lowest BCUT2D eigenvalue weighted by Gasteiger charge is -2.06. The Morgan fingerprint density at radius 3 is 2.61 bits per heavy atom. The number of hydrogen-bond donors (Lipinski definition) is 1. The minimum Gasteiger partial charge on any atom is -0.494 e. The largest absolute Gasteiger partial charge is 0.494 e. The summed E-state index contributed by atoms with van der Waals surface area (Å²) >= 11 is 0. The van der Waals surface area contributed by atoms with Crippen molar-refractivity contribution in [2.45, 2.75) is 20.0 Å². The maximum Gasteiger partial charge on any atom is 0.119 e. The zero-order valence-electron chi connectivity index (χ0n) is 10.5. The van der Waals surface area contributed by atoms with Crippen molar-refractivity contribution in [3.8, 4) is 5.75 Å². The molecule has 0 aliphatic heterocycles. The van der Waals surface area contributed by atoms with Gasteiger partial charge >= 0.3 is 0 Å². The van der Waals surface area contributed by atoms with Crippen LogP contribution in [-0.4, -0.2) is 16.8 Å². The maximum atomic E-state index is 5.40. The zero-order chi connectivity index (χ0) is 12.6. The van der Waals surface area contributed by atoms with E-state index in [1.54, 1.807) is 6.20 Å². The summed E-state index contributed by atoms with van der Waals surface area (Å²) < 4.78 is 5.40. The van der Waals surface area contributed by atoms with Crippen molar-refractivity contribution in [3.63, 3.8) is 0 Å². The molecule has 1 N–H and O–H groups in total. The zero-order valence-corrected chi connectivity index (χ0v) is 10.5. The van der Waals surface area contributed by atoms with Crippen LogP contribution in [0.4, 0.5) is 0 Å². The topological polar surface area (TPSA) is 47.0 Å². The van der Waals surface area contributed by atoms with E-state index in [9.17, 15) is 0 Å². The highest BCUT2D eigenvalue weighted by atomic mass is 16.5. The Bertz CT molecular complexity index is 456. The van der Waals surface area contributed by atoms with E-state index in [2.05, 4.69) is 27.6 Å². The van der Waals surface area contributed by atoms with Crippen molar-refractivity contribution in [2.24, 2.45) is 0 Å².